The van der Waals surface area contributed by atoms with Crippen LogP contribution in [-0.2, 0) is 11.2 Å². The lowest BCUT2D eigenvalue weighted by atomic mass is 10.1. The van der Waals surface area contributed by atoms with Gasteiger partial charge in [-0.05, 0) is 43.0 Å². The molecule has 2 aromatic carbocycles. The van der Waals surface area contributed by atoms with E-state index in [1.165, 1.54) is 0 Å². The summed E-state index contributed by atoms with van der Waals surface area (Å²) in [6.45, 7) is 6.33. The fourth-order valence-corrected chi connectivity index (χ4v) is 3.03. The van der Waals surface area contributed by atoms with E-state index in [0.717, 1.165) is 35.3 Å². The van der Waals surface area contributed by atoms with Crippen LogP contribution >= 0.6 is 0 Å². The zero-order valence-electron chi connectivity index (χ0n) is 15.3. The van der Waals surface area contributed by atoms with Crippen molar-refractivity contribution in [1.29, 1.82) is 0 Å². The van der Waals surface area contributed by atoms with E-state index in [9.17, 15) is 9.90 Å². The molecule has 0 heterocycles. The minimum Gasteiger partial charge on any atom is -0.394 e. The second kappa shape index (κ2) is 9.23. The zero-order valence-corrected chi connectivity index (χ0v) is 15.3. The lowest BCUT2D eigenvalue weighted by Gasteiger charge is -2.31. The van der Waals surface area contributed by atoms with Crippen LogP contribution in [0.5, 0.6) is 0 Å². The molecule has 0 saturated heterocycles. The SMILES string of the molecule is CCc1cccc(C)c1NC(=O)CN(c1ccccc1)C(CC)CO. The smallest absolute Gasteiger partial charge is 0.243 e. The number of benzene rings is 2. The second-order valence-electron chi connectivity index (χ2n) is 6.22. The van der Waals surface area contributed by atoms with E-state index >= 15 is 0 Å². The van der Waals surface area contributed by atoms with Crippen molar-refractivity contribution < 1.29 is 9.90 Å². The van der Waals surface area contributed by atoms with Crippen molar-refractivity contribution in [1.82, 2.24) is 0 Å². The Morgan fingerprint density at radius 3 is 2.44 bits per heavy atom. The van der Waals surface area contributed by atoms with E-state index in [2.05, 4.69) is 12.2 Å². The summed E-state index contributed by atoms with van der Waals surface area (Å²) < 4.78 is 0. The molecule has 0 aliphatic rings. The van der Waals surface area contributed by atoms with Gasteiger partial charge in [-0.2, -0.15) is 0 Å². The van der Waals surface area contributed by atoms with E-state index in [0.29, 0.717) is 0 Å². The molecule has 0 spiro atoms. The number of hydrogen-bond donors (Lipinski definition) is 2. The molecule has 0 aliphatic heterocycles. The summed E-state index contributed by atoms with van der Waals surface area (Å²) in [4.78, 5) is 14.7. The van der Waals surface area contributed by atoms with Crippen LogP contribution in [0.25, 0.3) is 0 Å². The van der Waals surface area contributed by atoms with Crippen molar-refractivity contribution in [3.63, 3.8) is 0 Å². The first-order valence-electron chi connectivity index (χ1n) is 8.91. The maximum absolute atomic E-state index is 12.7. The number of anilines is 2. The Labute approximate surface area is 150 Å². The minimum absolute atomic E-state index is 0.0171. The number of nitrogens with one attached hydrogen (secondary N) is 1. The van der Waals surface area contributed by atoms with E-state index in [1.807, 2.05) is 67.3 Å². The van der Waals surface area contributed by atoms with Crippen LogP contribution in [0.2, 0.25) is 0 Å². The van der Waals surface area contributed by atoms with Gasteiger partial charge in [0, 0.05) is 11.4 Å². The molecular formula is C21H28N2O2. The van der Waals surface area contributed by atoms with Gasteiger partial charge in [0.1, 0.15) is 0 Å². The number of hydrogen-bond acceptors (Lipinski definition) is 3. The first-order chi connectivity index (χ1) is 12.1. The van der Waals surface area contributed by atoms with Crippen molar-refractivity contribution in [2.24, 2.45) is 0 Å². The molecule has 2 N–H and O–H groups in total. The molecule has 25 heavy (non-hydrogen) atoms. The Bertz CT molecular complexity index is 682. The normalized spacial score (nSPS) is 11.8. The summed E-state index contributed by atoms with van der Waals surface area (Å²) in [6.07, 6.45) is 1.64. The highest BCUT2D eigenvalue weighted by atomic mass is 16.3. The van der Waals surface area contributed by atoms with Crippen LogP contribution in [-0.4, -0.2) is 30.2 Å². The number of para-hydroxylation sites is 2. The van der Waals surface area contributed by atoms with Gasteiger partial charge in [0.25, 0.3) is 0 Å². The Hall–Kier alpha value is -2.33. The van der Waals surface area contributed by atoms with Gasteiger partial charge < -0.3 is 15.3 Å². The third kappa shape index (κ3) is 4.83. The van der Waals surface area contributed by atoms with Crippen LogP contribution in [0.4, 0.5) is 11.4 Å². The molecule has 1 unspecified atom stereocenters. The lowest BCUT2D eigenvalue weighted by molar-refractivity contribution is -0.115. The molecule has 0 aromatic heterocycles. The Balaban J connectivity index is 2.20. The lowest BCUT2D eigenvalue weighted by Crippen LogP contribution is -2.43. The van der Waals surface area contributed by atoms with E-state index in [4.69, 9.17) is 0 Å². The molecular weight excluding hydrogens is 312 g/mol. The van der Waals surface area contributed by atoms with E-state index < -0.39 is 0 Å². The number of aliphatic hydroxyl groups excluding tert-OH is 1. The predicted molar refractivity (Wildman–Crippen MR) is 104 cm³/mol. The molecule has 1 atom stereocenters. The fraction of sp³-hybridized carbons (Fsp3) is 0.381. The molecule has 4 nitrogen and oxygen atoms in total. The van der Waals surface area contributed by atoms with Gasteiger partial charge >= 0.3 is 0 Å². The molecule has 4 heteroatoms. The summed E-state index contributed by atoms with van der Waals surface area (Å²) >= 11 is 0. The van der Waals surface area contributed by atoms with Crippen molar-refractivity contribution in [2.45, 2.75) is 39.7 Å². The van der Waals surface area contributed by atoms with E-state index in [1.54, 1.807) is 0 Å². The summed E-state index contributed by atoms with van der Waals surface area (Å²) in [7, 11) is 0. The number of carbonyl (C=O) groups excluding carboxylic acids is 1. The average molecular weight is 340 g/mol. The highest BCUT2D eigenvalue weighted by Crippen LogP contribution is 2.22. The topological polar surface area (TPSA) is 52.6 Å². The third-order valence-electron chi connectivity index (χ3n) is 4.53. The van der Waals surface area contributed by atoms with Crippen LogP contribution in [0.15, 0.2) is 48.5 Å². The molecule has 134 valence electrons. The highest BCUT2D eigenvalue weighted by Gasteiger charge is 2.20. The molecule has 0 aliphatic carbocycles. The van der Waals surface area contributed by atoms with Gasteiger partial charge in [0.2, 0.25) is 5.91 Å². The molecule has 0 saturated carbocycles. The van der Waals surface area contributed by atoms with E-state index in [-0.39, 0.29) is 25.1 Å². The van der Waals surface area contributed by atoms with Crippen molar-refractivity contribution in [2.75, 3.05) is 23.4 Å². The molecule has 1 amide bonds. The highest BCUT2D eigenvalue weighted by molar-refractivity contribution is 5.95. The summed E-state index contributed by atoms with van der Waals surface area (Å²) in [6, 6.07) is 15.7. The maximum Gasteiger partial charge on any atom is 0.243 e. The average Bonchev–Trinajstić information content (AvgIpc) is 2.64. The monoisotopic (exact) mass is 340 g/mol. The first kappa shape index (κ1) is 19.0. The van der Waals surface area contributed by atoms with Crippen LogP contribution in [0, 0.1) is 6.92 Å². The number of aryl methyl sites for hydroxylation is 2. The second-order valence-corrected chi connectivity index (χ2v) is 6.22. The molecule has 0 radical (unpaired) electrons. The largest absolute Gasteiger partial charge is 0.394 e. The molecule has 0 fully saturated rings. The number of amides is 1. The Morgan fingerprint density at radius 2 is 1.84 bits per heavy atom. The number of rotatable bonds is 8. The van der Waals surface area contributed by atoms with Gasteiger partial charge in [-0.1, -0.05) is 50.2 Å². The standard InChI is InChI=1S/C21H28N2O2/c1-4-17-11-9-10-16(3)21(17)22-20(25)14-23(18(5-2)15-24)19-12-7-6-8-13-19/h6-13,18,24H,4-5,14-15H2,1-3H3,(H,22,25). The molecule has 2 aromatic rings. The number of carbonyl (C=O) groups is 1. The van der Waals surface area contributed by atoms with Gasteiger partial charge in [-0.3, -0.25) is 4.79 Å². The van der Waals surface area contributed by atoms with Crippen molar-refractivity contribution in [3.05, 3.63) is 59.7 Å². The van der Waals surface area contributed by atoms with Gasteiger partial charge in [-0.25, -0.2) is 0 Å². The number of nitrogens with zero attached hydrogens (tertiary/aromatic N) is 1. The third-order valence-corrected chi connectivity index (χ3v) is 4.53. The minimum atomic E-state index is -0.0873. The summed E-state index contributed by atoms with van der Waals surface area (Å²) in [5.41, 5.74) is 4.04. The van der Waals surface area contributed by atoms with Gasteiger partial charge in [0.15, 0.2) is 0 Å². The molecule has 0 bridgehead atoms. The number of aliphatic hydroxyl groups is 1. The quantitative estimate of drug-likeness (QED) is 0.769. The fourth-order valence-electron chi connectivity index (χ4n) is 3.03. The van der Waals surface area contributed by atoms with Gasteiger partial charge in [0.05, 0.1) is 19.2 Å². The van der Waals surface area contributed by atoms with Crippen LogP contribution < -0.4 is 10.2 Å². The zero-order chi connectivity index (χ0) is 18.2. The Morgan fingerprint density at radius 1 is 1.12 bits per heavy atom. The van der Waals surface area contributed by atoms with Gasteiger partial charge in [-0.15, -0.1) is 0 Å². The summed E-state index contributed by atoms with van der Waals surface area (Å²) in [5.74, 6) is -0.0697. The maximum atomic E-state index is 12.7. The van der Waals surface area contributed by atoms with Crippen molar-refractivity contribution >= 4 is 17.3 Å². The van der Waals surface area contributed by atoms with Crippen LogP contribution in [0.1, 0.15) is 31.4 Å². The Kier molecular flexibility index (Phi) is 7.02. The summed E-state index contributed by atoms with van der Waals surface area (Å²) in [5, 5.41) is 12.8. The predicted octanol–water partition coefficient (Wildman–Crippen LogP) is 3.77. The molecule has 2 rings (SSSR count). The first-order valence-corrected chi connectivity index (χ1v) is 8.91. The van der Waals surface area contributed by atoms with Crippen molar-refractivity contribution in [3.8, 4) is 0 Å². The van der Waals surface area contributed by atoms with Crippen LogP contribution in [0.3, 0.4) is 0 Å².